The van der Waals surface area contributed by atoms with E-state index in [2.05, 4.69) is 66.5 Å². The monoisotopic (exact) mass is 360 g/mol. The van der Waals surface area contributed by atoms with Crippen molar-refractivity contribution in [3.63, 3.8) is 0 Å². The molecule has 1 unspecified atom stereocenters. The Kier molecular flexibility index (Phi) is 17.6. The SMILES string of the molecule is CCC=CCC=CCC=CCC=CCC=CCC=CCC(OO)C(=O)O. The van der Waals surface area contributed by atoms with E-state index in [1.165, 1.54) is 0 Å². The predicted octanol–water partition coefficient (Wildman–Crippen LogP) is 6.02. The van der Waals surface area contributed by atoms with Gasteiger partial charge in [0.25, 0.3) is 0 Å². The summed E-state index contributed by atoms with van der Waals surface area (Å²) in [6, 6.07) is 0. The fourth-order valence-corrected chi connectivity index (χ4v) is 1.93. The van der Waals surface area contributed by atoms with Crippen molar-refractivity contribution in [1.82, 2.24) is 0 Å². The van der Waals surface area contributed by atoms with Gasteiger partial charge in [-0.25, -0.2) is 9.68 Å². The van der Waals surface area contributed by atoms with Gasteiger partial charge in [-0.2, -0.15) is 0 Å². The highest BCUT2D eigenvalue weighted by Gasteiger charge is 2.15. The van der Waals surface area contributed by atoms with Gasteiger partial charge in [-0.05, 0) is 38.5 Å². The predicted molar refractivity (Wildman–Crippen MR) is 108 cm³/mol. The molecular formula is C22H32O4. The van der Waals surface area contributed by atoms with Crippen molar-refractivity contribution in [2.24, 2.45) is 0 Å². The third-order valence-electron chi connectivity index (χ3n) is 3.35. The highest BCUT2D eigenvalue weighted by Crippen LogP contribution is 2.00. The second-order valence-electron chi connectivity index (χ2n) is 5.58. The fourth-order valence-electron chi connectivity index (χ4n) is 1.93. The van der Waals surface area contributed by atoms with Gasteiger partial charge in [0.05, 0.1) is 0 Å². The van der Waals surface area contributed by atoms with Gasteiger partial charge in [-0.15, -0.1) is 0 Å². The summed E-state index contributed by atoms with van der Waals surface area (Å²) in [6.07, 6.45) is 29.5. The molecule has 0 saturated heterocycles. The normalized spacial score (nSPS) is 14.2. The molecule has 4 nitrogen and oxygen atoms in total. The number of rotatable bonds is 15. The van der Waals surface area contributed by atoms with Gasteiger partial charge in [0.1, 0.15) is 0 Å². The van der Waals surface area contributed by atoms with Gasteiger partial charge in [-0.3, -0.25) is 5.26 Å². The summed E-state index contributed by atoms with van der Waals surface area (Å²) < 4.78 is 0. The zero-order chi connectivity index (χ0) is 19.3. The summed E-state index contributed by atoms with van der Waals surface area (Å²) in [5.74, 6) is -1.17. The molecule has 26 heavy (non-hydrogen) atoms. The van der Waals surface area contributed by atoms with Crippen LogP contribution in [0.25, 0.3) is 0 Å². The quantitative estimate of drug-likeness (QED) is 0.213. The molecule has 144 valence electrons. The minimum absolute atomic E-state index is 0.149. The fraction of sp³-hybridized carbons (Fsp3) is 0.409. The van der Waals surface area contributed by atoms with Crippen molar-refractivity contribution in [3.8, 4) is 0 Å². The van der Waals surface area contributed by atoms with E-state index in [1.807, 2.05) is 12.2 Å². The van der Waals surface area contributed by atoms with E-state index in [-0.39, 0.29) is 6.42 Å². The minimum Gasteiger partial charge on any atom is -0.479 e. The van der Waals surface area contributed by atoms with Crippen molar-refractivity contribution >= 4 is 5.97 Å². The Morgan fingerprint density at radius 1 is 0.731 bits per heavy atom. The Balaban J connectivity index is 3.65. The maximum atomic E-state index is 10.6. The number of hydrogen-bond acceptors (Lipinski definition) is 3. The molecule has 0 rings (SSSR count). The van der Waals surface area contributed by atoms with Crippen LogP contribution in [-0.2, 0) is 9.68 Å². The lowest BCUT2D eigenvalue weighted by Gasteiger charge is -2.03. The molecule has 0 heterocycles. The van der Waals surface area contributed by atoms with Crippen LogP contribution in [0.15, 0.2) is 72.9 Å². The van der Waals surface area contributed by atoms with E-state index >= 15 is 0 Å². The molecule has 0 spiro atoms. The first-order chi connectivity index (χ1) is 12.7. The lowest BCUT2D eigenvalue weighted by molar-refractivity contribution is -0.275. The van der Waals surface area contributed by atoms with Gasteiger partial charge < -0.3 is 5.11 Å². The van der Waals surface area contributed by atoms with Gasteiger partial charge in [0.15, 0.2) is 6.10 Å². The van der Waals surface area contributed by atoms with Gasteiger partial charge in [0.2, 0.25) is 0 Å². The molecule has 0 bridgehead atoms. The first-order valence-electron chi connectivity index (χ1n) is 9.15. The Labute approximate surface area is 157 Å². The molecule has 0 radical (unpaired) electrons. The first-order valence-corrected chi connectivity index (χ1v) is 9.15. The van der Waals surface area contributed by atoms with E-state index in [9.17, 15) is 4.79 Å². The summed E-state index contributed by atoms with van der Waals surface area (Å²) in [5.41, 5.74) is 0. The van der Waals surface area contributed by atoms with E-state index in [0.29, 0.717) is 0 Å². The summed E-state index contributed by atoms with van der Waals surface area (Å²) in [6.45, 7) is 2.14. The summed E-state index contributed by atoms with van der Waals surface area (Å²) in [7, 11) is 0. The molecule has 0 aromatic heterocycles. The molecule has 0 aromatic rings. The van der Waals surface area contributed by atoms with E-state index in [1.54, 1.807) is 6.08 Å². The molecule has 0 aliphatic heterocycles. The van der Waals surface area contributed by atoms with E-state index in [0.717, 1.165) is 38.5 Å². The Hall–Kier alpha value is -2.17. The van der Waals surface area contributed by atoms with Crippen molar-refractivity contribution in [2.45, 2.75) is 58.0 Å². The highest BCUT2D eigenvalue weighted by atomic mass is 17.1. The molecule has 0 amide bonds. The van der Waals surface area contributed by atoms with Crippen LogP contribution in [0, 0.1) is 0 Å². The largest absolute Gasteiger partial charge is 0.479 e. The molecule has 1 atom stereocenters. The molecule has 0 aromatic carbocycles. The number of aliphatic carboxylic acids is 1. The topological polar surface area (TPSA) is 66.8 Å². The van der Waals surface area contributed by atoms with E-state index in [4.69, 9.17) is 10.4 Å². The van der Waals surface area contributed by atoms with Crippen LogP contribution in [0.3, 0.4) is 0 Å². The first kappa shape index (κ1) is 23.8. The zero-order valence-corrected chi connectivity index (χ0v) is 15.7. The van der Waals surface area contributed by atoms with Crippen LogP contribution in [-0.4, -0.2) is 22.4 Å². The standard InChI is InChI=1S/C22H32O4/c1-2-3-4-5-6-7-8-9-10-11-12-13-14-15-16-17-18-19-20-21(26-25)22(23)24/h3-4,6-7,9-10,12-13,15-16,18-19,21,25H,2,5,8,11,14,17,20H2,1H3,(H,23,24). The van der Waals surface area contributed by atoms with Crippen LogP contribution in [0.5, 0.6) is 0 Å². The van der Waals surface area contributed by atoms with Crippen LogP contribution in [0.4, 0.5) is 0 Å². The van der Waals surface area contributed by atoms with Crippen molar-refractivity contribution in [1.29, 1.82) is 0 Å². The Morgan fingerprint density at radius 2 is 1.08 bits per heavy atom. The van der Waals surface area contributed by atoms with Crippen molar-refractivity contribution in [3.05, 3.63) is 72.9 Å². The molecule has 0 aliphatic carbocycles. The number of carboxylic acid groups (broad SMARTS) is 1. The van der Waals surface area contributed by atoms with E-state index < -0.39 is 12.1 Å². The lowest BCUT2D eigenvalue weighted by atomic mass is 10.2. The molecule has 0 fully saturated rings. The van der Waals surface area contributed by atoms with Crippen LogP contribution in [0.1, 0.15) is 51.9 Å². The maximum absolute atomic E-state index is 10.6. The number of allylic oxidation sites excluding steroid dienone is 11. The van der Waals surface area contributed by atoms with Gasteiger partial charge in [0, 0.05) is 6.42 Å². The summed E-state index contributed by atoms with van der Waals surface area (Å²) in [4.78, 5) is 14.4. The highest BCUT2D eigenvalue weighted by molar-refractivity contribution is 5.72. The van der Waals surface area contributed by atoms with Crippen LogP contribution in [0.2, 0.25) is 0 Å². The molecule has 0 saturated carbocycles. The smallest absolute Gasteiger partial charge is 0.336 e. The van der Waals surface area contributed by atoms with Crippen LogP contribution >= 0.6 is 0 Å². The Bertz CT molecular complexity index is 510. The second kappa shape index (κ2) is 19.2. The summed E-state index contributed by atoms with van der Waals surface area (Å²) in [5, 5.41) is 17.1. The molecular weight excluding hydrogens is 328 g/mol. The van der Waals surface area contributed by atoms with Crippen molar-refractivity contribution in [2.75, 3.05) is 0 Å². The average Bonchev–Trinajstić information content (AvgIpc) is 2.63. The summed E-state index contributed by atoms with van der Waals surface area (Å²) >= 11 is 0. The lowest BCUT2D eigenvalue weighted by Crippen LogP contribution is -2.21. The third kappa shape index (κ3) is 16.7. The second-order valence-corrected chi connectivity index (χ2v) is 5.58. The zero-order valence-electron chi connectivity index (χ0n) is 15.7. The van der Waals surface area contributed by atoms with Crippen LogP contribution < -0.4 is 0 Å². The number of carboxylic acids is 1. The maximum Gasteiger partial charge on any atom is 0.336 e. The molecule has 2 N–H and O–H groups in total. The number of hydrogen-bond donors (Lipinski definition) is 2. The Morgan fingerprint density at radius 3 is 1.38 bits per heavy atom. The minimum atomic E-state index is -1.19. The number of carbonyl (C=O) groups is 1. The average molecular weight is 360 g/mol. The van der Waals surface area contributed by atoms with Crippen molar-refractivity contribution < 1.29 is 20.0 Å². The molecule has 4 heteroatoms. The van der Waals surface area contributed by atoms with Gasteiger partial charge >= 0.3 is 5.97 Å². The van der Waals surface area contributed by atoms with Gasteiger partial charge in [-0.1, -0.05) is 79.8 Å². The molecule has 0 aliphatic rings. The third-order valence-corrected chi connectivity index (χ3v) is 3.35.